The predicted molar refractivity (Wildman–Crippen MR) is 77.2 cm³/mol. The van der Waals surface area contributed by atoms with Gasteiger partial charge in [-0.2, -0.15) is 0 Å². The van der Waals surface area contributed by atoms with Gasteiger partial charge in [-0.3, -0.25) is 0 Å². The van der Waals surface area contributed by atoms with Crippen molar-refractivity contribution in [3.63, 3.8) is 0 Å². The molecule has 0 aliphatic carbocycles. The molecule has 0 aliphatic heterocycles. The Balaban J connectivity index is 2.93. The zero-order valence-electron chi connectivity index (χ0n) is 11.4. The van der Waals surface area contributed by atoms with Crippen LogP contribution in [0.2, 0.25) is 0 Å². The van der Waals surface area contributed by atoms with Gasteiger partial charge in [-0.25, -0.2) is 4.98 Å². The molecule has 0 saturated heterocycles. The van der Waals surface area contributed by atoms with Gasteiger partial charge in [0.15, 0.2) is 0 Å². The molecule has 0 spiro atoms. The van der Waals surface area contributed by atoms with E-state index < -0.39 is 0 Å². The van der Waals surface area contributed by atoms with Gasteiger partial charge in [0.05, 0.1) is 19.3 Å². The summed E-state index contributed by atoms with van der Waals surface area (Å²) in [7, 11) is 3.42. The number of nitrogens with zero attached hydrogens (tertiary/aromatic N) is 2. The average molecular weight is 317 g/mol. The highest BCUT2D eigenvalue weighted by Gasteiger charge is 2.17. The standard InChI is InChI=1S/C13H21BrN2O2/c1-10-7-12(14)8-15-13(10)16(5-6-17-3)11(2)9-18-4/h7-8,11H,5-6,9H2,1-4H3. The van der Waals surface area contributed by atoms with Crippen LogP contribution in [0.3, 0.4) is 0 Å². The summed E-state index contributed by atoms with van der Waals surface area (Å²) in [5.41, 5.74) is 1.14. The number of methoxy groups -OCH3 is 2. The van der Waals surface area contributed by atoms with E-state index in [2.05, 4.69) is 45.7 Å². The first-order valence-electron chi connectivity index (χ1n) is 5.96. The second kappa shape index (κ2) is 7.71. The van der Waals surface area contributed by atoms with E-state index in [0.29, 0.717) is 13.2 Å². The molecule has 1 heterocycles. The lowest BCUT2D eigenvalue weighted by Gasteiger charge is -2.30. The van der Waals surface area contributed by atoms with Crippen molar-refractivity contribution in [2.75, 3.05) is 38.9 Å². The topological polar surface area (TPSA) is 34.6 Å². The first-order chi connectivity index (χ1) is 8.60. The van der Waals surface area contributed by atoms with Crippen molar-refractivity contribution >= 4 is 21.7 Å². The molecule has 1 aromatic heterocycles. The Kier molecular flexibility index (Phi) is 6.60. The van der Waals surface area contributed by atoms with Gasteiger partial charge in [-0.1, -0.05) is 0 Å². The molecule has 4 nitrogen and oxygen atoms in total. The highest BCUT2D eigenvalue weighted by atomic mass is 79.9. The molecular weight excluding hydrogens is 296 g/mol. The molecule has 0 radical (unpaired) electrons. The minimum atomic E-state index is 0.262. The van der Waals surface area contributed by atoms with E-state index in [1.54, 1.807) is 14.2 Å². The number of aromatic nitrogens is 1. The van der Waals surface area contributed by atoms with E-state index in [0.717, 1.165) is 22.4 Å². The van der Waals surface area contributed by atoms with Crippen molar-refractivity contribution in [2.45, 2.75) is 19.9 Å². The van der Waals surface area contributed by atoms with E-state index in [-0.39, 0.29) is 6.04 Å². The quantitative estimate of drug-likeness (QED) is 0.774. The minimum absolute atomic E-state index is 0.262. The number of hydrogen-bond acceptors (Lipinski definition) is 4. The summed E-state index contributed by atoms with van der Waals surface area (Å²) in [5, 5.41) is 0. The van der Waals surface area contributed by atoms with Crippen LogP contribution in [0.4, 0.5) is 5.82 Å². The molecule has 0 aliphatic rings. The van der Waals surface area contributed by atoms with E-state index in [4.69, 9.17) is 9.47 Å². The fourth-order valence-electron chi connectivity index (χ4n) is 1.89. The molecule has 1 atom stereocenters. The molecule has 0 aromatic carbocycles. The molecule has 0 N–H and O–H groups in total. The van der Waals surface area contributed by atoms with Crippen molar-refractivity contribution in [1.82, 2.24) is 4.98 Å². The number of aryl methyl sites for hydroxylation is 1. The maximum absolute atomic E-state index is 5.23. The second-order valence-corrected chi connectivity index (χ2v) is 5.20. The van der Waals surface area contributed by atoms with Crippen LogP contribution in [0.1, 0.15) is 12.5 Å². The van der Waals surface area contributed by atoms with Gasteiger partial charge in [-0.15, -0.1) is 0 Å². The number of halogens is 1. The lowest BCUT2D eigenvalue weighted by Crippen LogP contribution is -2.39. The molecule has 5 heteroatoms. The summed E-state index contributed by atoms with van der Waals surface area (Å²) in [6.07, 6.45) is 1.82. The van der Waals surface area contributed by atoms with E-state index in [1.807, 2.05) is 6.20 Å². The Morgan fingerprint density at radius 1 is 1.39 bits per heavy atom. The third-order valence-corrected chi connectivity index (χ3v) is 3.20. The number of rotatable bonds is 7. The third-order valence-electron chi connectivity index (χ3n) is 2.77. The van der Waals surface area contributed by atoms with Crippen LogP contribution in [0.5, 0.6) is 0 Å². The van der Waals surface area contributed by atoms with Gasteiger partial charge in [0.25, 0.3) is 0 Å². The van der Waals surface area contributed by atoms with E-state index >= 15 is 0 Å². The van der Waals surface area contributed by atoms with Gasteiger partial charge in [-0.05, 0) is 41.4 Å². The molecule has 0 bridgehead atoms. The van der Waals surface area contributed by atoms with Gasteiger partial charge in [0, 0.05) is 31.4 Å². The Morgan fingerprint density at radius 3 is 2.67 bits per heavy atom. The van der Waals surface area contributed by atoms with Gasteiger partial charge >= 0.3 is 0 Å². The Morgan fingerprint density at radius 2 is 2.11 bits per heavy atom. The summed E-state index contributed by atoms with van der Waals surface area (Å²) in [5.74, 6) is 0.986. The zero-order chi connectivity index (χ0) is 13.5. The van der Waals surface area contributed by atoms with Crippen LogP contribution in [0, 0.1) is 6.92 Å². The van der Waals surface area contributed by atoms with Crippen LogP contribution in [-0.2, 0) is 9.47 Å². The largest absolute Gasteiger partial charge is 0.383 e. The van der Waals surface area contributed by atoms with Crippen LogP contribution in [-0.4, -0.2) is 45.0 Å². The summed E-state index contributed by atoms with van der Waals surface area (Å²) < 4.78 is 11.4. The van der Waals surface area contributed by atoms with Crippen LogP contribution in [0.25, 0.3) is 0 Å². The maximum Gasteiger partial charge on any atom is 0.131 e. The normalized spacial score (nSPS) is 12.5. The SMILES string of the molecule is COCCN(c1ncc(Br)cc1C)C(C)COC. The van der Waals surface area contributed by atoms with Crippen molar-refractivity contribution in [1.29, 1.82) is 0 Å². The van der Waals surface area contributed by atoms with Crippen LogP contribution < -0.4 is 4.90 Å². The van der Waals surface area contributed by atoms with Crippen LogP contribution >= 0.6 is 15.9 Å². The fourth-order valence-corrected chi connectivity index (χ4v) is 2.34. The molecule has 1 unspecified atom stereocenters. The molecule has 1 aromatic rings. The summed E-state index contributed by atoms with van der Waals surface area (Å²) in [6, 6.07) is 2.33. The van der Waals surface area contributed by atoms with Crippen molar-refractivity contribution in [3.8, 4) is 0 Å². The monoisotopic (exact) mass is 316 g/mol. The predicted octanol–water partition coefficient (Wildman–Crippen LogP) is 2.64. The van der Waals surface area contributed by atoms with E-state index in [9.17, 15) is 0 Å². The molecule has 0 saturated carbocycles. The maximum atomic E-state index is 5.23. The Hall–Kier alpha value is -0.650. The number of ether oxygens (including phenoxy) is 2. The molecule has 18 heavy (non-hydrogen) atoms. The summed E-state index contributed by atoms with van der Waals surface area (Å²) in [6.45, 7) is 6.33. The smallest absolute Gasteiger partial charge is 0.131 e. The molecular formula is C13H21BrN2O2. The highest BCUT2D eigenvalue weighted by Crippen LogP contribution is 2.22. The Bertz CT molecular complexity index is 374. The summed E-state index contributed by atoms with van der Waals surface area (Å²) >= 11 is 3.44. The molecule has 0 fully saturated rings. The van der Waals surface area contributed by atoms with Crippen molar-refractivity contribution in [3.05, 3.63) is 22.3 Å². The third kappa shape index (κ3) is 4.23. The zero-order valence-corrected chi connectivity index (χ0v) is 13.0. The lowest BCUT2D eigenvalue weighted by atomic mass is 10.2. The highest BCUT2D eigenvalue weighted by molar-refractivity contribution is 9.10. The number of anilines is 1. The minimum Gasteiger partial charge on any atom is -0.383 e. The van der Waals surface area contributed by atoms with Gasteiger partial charge in [0.2, 0.25) is 0 Å². The number of hydrogen-bond donors (Lipinski definition) is 0. The Labute approximate surface area is 117 Å². The van der Waals surface area contributed by atoms with Gasteiger partial charge < -0.3 is 14.4 Å². The molecule has 1 rings (SSSR count). The van der Waals surface area contributed by atoms with Crippen LogP contribution in [0.15, 0.2) is 16.7 Å². The summed E-state index contributed by atoms with van der Waals surface area (Å²) in [4.78, 5) is 6.72. The lowest BCUT2D eigenvalue weighted by molar-refractivity contribution is 0.170. The molecule has 0 amide bonds. The first kappa shape index (κ1) is 15.4. The van der Waals surface area contributed by atoms with Crippen molar-refractivity contribution in [2.24, 2.45) is 0 Å². The first-order valence-corrected chi connectivity index (χ1v) is 6.76. The number of pyridine rings is 1. The van der Waals surface area contributed by atoms with Gasteiger partial charge in [0.1, 0.15) is 5.82 Å². The van der Waals surface area contributed by atoms with E-state index in [1.165, 1.54) is 0 Å². The fraction of sp³-hybridized carbons (Fsp3) is 0.615. The molecule has 102 valence electrons. The second-order valence-electron chi connectivity index (χ2n) is 4.28. The van der Waals surface area contributed by atoms with Crippen molar-refractivity contribution < 1.29 is 9.47 Å². The average Bonchev–Trinajstić information content (AvgIpc) is 2.32.